The number of aromatic nitrogens is 1. The lowest BCUT2D eigenvalue weighted by molar-refractivity contribution is 0.103. The maximum absolute atomic E-state index is 13.2. The number of carbonyl (C=O) groups excluding carboxylic acids is 1. The van der Waals surface area contributed by atoms with Gasteiger partial charge >= 0.3 is 0 Å². The average molecular weight is 455 g/mol. The van der Waals surface area contributed by atoms with E-state index in [2.05, 4.69) is 21.2 Å². The van der Waals surface area contributed by atoms with E-state index >= 15 is 0 Å². The standard InChI is InChI=1S/C19H23ClN4O3S2/c1-18(2)17(21)24-19(3,10-29(18,5)26)15-11(20)9-12(28-15)16(25)23-13-7-6-8-14(22-13)27-4/h6-9H,5,10H2,1-4H3,(H2,21,24)(H,22,23,25)/t19-,29?/m0/s1. The summed E-state index contributed by atoms with van der Waals surface area (Å²) in [6.45, 7) is 5.36. The molecule has 0 spiro atoms. The van der Waals surface area contributed by atoms with Gasteiger partial charge in [0.15, 0.2) is 0 Å². The van der Waals surface area contributed by atoms with Crippen molar-refractivity contribution in [1.29, 1.82) is 0 Å². The number of ether oxygens (including phenoxy) is 1. The molecular weight excluding hydrogens is 432 g/mol. The van der Waals surface area contributed by atoms with Crippen molar-refractivity contribution in [1.82, 2.24) is 4.98 Å². The Morgan fingerprint density at radius 1 is 1.41 bits per heavy atom. The zero-order chi connectivity index (χ0) is 21.6. The van der Waals surface area contributed by atoms with Gasteiger partial charge in [0.2, 0.25) is 5.88 Å². The third-order valence-corrected chi connectivity index (χ3v) is 9.90. The van der Waals surface area contributed by atoms with Gasteiger partial charge in [0.25, 0.3) is 5.91 Å². The molecular formula is C19H23ClN4O3S2. The molecule has 1 amide bonds. The third-order valence-electron chi connectivity index (χ3n) is 5.00. The van der Waals surface area contributed by atoms with Crippen molar-refractivity contribution in [3.63, 3.8) is 0 Å². The first-order valence-corrected chi connectivity index (χ1v) is 11.8. The normalized spacial score (nSPS) is 25.9. The Morgan fingerprint density at radius 3 is 2.72 bits per heavy atom. The van der Waals surface area contributed by atoms with Gasteiger partial charge in [0, 0.05) is 11.8 Å². The number of nitrogens with two attached hydrogens (primary N) is 1. The second-order valence-corrected chi connectivity index (χ2v) is 11.9. The van der Waals surface area contributed by atoms with Crippen LogP contribution in [0, 0.1) is 0 Å². The number of nitrogens with zero attached hydrogens (tertiary/aromatic N) is 2. The molecule has 0 saturated carbocycles. The Morgan fingerprint density at radius 2 is 2.10 bits per heavy atom. The third kappa shape index (κ3) is 3.86. The number of amidine groups is 1. The summed E-state index contributed by atoms with van der Waals surface area (Å²) in [7, 11) is -1.08. The van der Waals surface area contributed by atoms with Crippen LogP contribution >= 0.6 is 22.9 Å². The zero-order valence-corrected chi connectivity index (χ0v) is 19.0. The lowest BCUT2D eigenvalue weighted by Crippen LogP contribution is -2.54. The smallest absolute Gasteiger partial charge is 0.266 e. The van der Waals surface area contributed by atoms with E-state index in [9.17, 15) is 9.00 Å². The van der Waals surface area contributed by atoms with E-state index in [1.807, 2.05) is 6.92 Å². The number of nitrogens with one attached hydrogen (secondary N) is 1. The fraction of sp³-hybridized carbons (Fsp3) is 0.368. The van der Waals surface area contributed by atoms with Crippen molar-refractivity contribution in [2.24, 2.45) is 10.7 Å². The van der Waals surface area contributed by atoms with E-state index in [1.165, 1.54) is 18.4 Å². The van der Waals surface area contributed by atoms with Gasteiger partial charge in [-0.05, 0) is 48.3 Å². The van der Waals surface area contributed by atoms with Gasteiger partial charge in [-0.3, -0.25) is 14.0 Å². The molecule has 2 aromatic rings. The molecule has 3 rings (SSSR count). The summed E-state index contributed by atoms with van der Waals surface area (Å²) in [6.07, 6.45) is 0. The number of hydrogen-bond acceptors (Lipinski definition) is 7. The Labute approximate surface area is 179 Å². The lowest BCUT2D eigenvalue weighted by atomic mass is 10.0. The minimum Gasteiger partial charge on any atom is -0.481 e. The fourth-order valence-corrected chi connectivity index (χ4v) is 6.52. The maximum Gasteiger partial charge on any atom is 0.266 e. The molecule has 1 aliphatic rings. The highest BCUT2D eigenvalue weighted by Gasteiger charge is 2.46. The van der Waals surface area contributed by atoms with Crippen LogP contribution in [-0.2, 0) is 15.1 Å². The molecule has 0 saturated heterocycles. The van der Waals surface area contributed by atoms with Crippen molar-refractivity contribution < 1.29 is 13.7 Å². The van der Waals surface area contributed by atoms with Gasteiger partial charge in [-0.1, -0.05) is 17.7 Å². The molecule has 2 aromatic heterocycles. The molecule has 3 heterocycles. The monoisotopic (exact) mass is 454 g/mol. The number of aliphatic imine (C=N–C) groups is 1. The van der Waals surface area contributed by atoms with Crippen molar-refractivity contribution in [3.8, 4) is 5.88 Å². The van der Waals surface area contributed by atoms with Gasteiger partial charge in [-0.2, -0.15) is 4.98 Å². The van der Waals surface area contributed by atoms with E-state index in [-0.39, 0.29) is 17.5 Å². The molecule has 2 atom stereocenters. The summed E-state index contributed by atoms with van der Waals surface area (Å²) in [5.74, 6) is 4.76. The van der Waals surface area contributed by atoms with Crippen LogP contribution in [0.15, 0.2) is 29.3 Å². The number of methoxy groups -OCH3 is 1. The highest BCUT2D eigenvalue weighted by atomic mass is 35.5. The number of amides is 1. The molecule has 29 heavy (non-hydrogen) atoms. The molecule has 0 aliphatic carbocycles. The number of thiophene rings is 1. The quantitative estimate of drug-likeness (QED) is 0.690. The molecule has 7 nitrogen and oxygen atoms in total. The Bertz CT molecular complexity index is 1110. The van der Waals surface area contributed by atoms with Crippen LogP contribution < -0.4 is 15.8 Å². The summed E-state index contributed by atoms with van der Waals surface area (Å²) in [5.41, 5.74) is 5.22. The van der Waals surface area contributed by atoms with Crippen LogP contribution in [0.4, 0.5) is 5.82 Å². The van der Waals surface area contributed by atoms with Gasteiger partial charge in [0.1, 0.15) is 17.2 Å². The van der Waals surface area contributed by atoms with Crippen LogP contribution in [0.5, 0.6) is 5.88 Å². The van der Waals surface area contributed by atoms with Crippen molar-refractivity contribution >= 4 is 55.9 Å². The SMILES string of the molecule is C=S1(=O)C[C@@](C)(c2sc(C(=O)Nc3cccc(OC)n3)cc2Cl)N=C(N)C1(C)C. The summed E-state index contributed by atoms with van der Waals surface area (Å²) in [5, 5.41) is 3.09. The van der Waals surface area contributed by atoms with Crippen molar-refractivity contribution in [3.05, 3.63) is 39.0 Å². The second-order valence-electron chi connectivity index (χ2n) is 7.54. The number of carbonyl (C=O) groups is 1. The Kier molecular flexibility index (Phi) is 5.44. The highest BCUT2D eigenvalue weighted by Crippen LogP contribution is 2.43. The minimum absolute atomic E-state index is 0.187. The maximum atomic E-state index is 13.2. The average Bonchev–Trinajstić information content (AvgIpc) is 3.03. The molecule has 0 radical (unpaired) electrons. The number of rotatable bonds is 4. The van der Waals surface area contributed by atoms with Crippen LogP contribution in [0.2, 0.25) is 5.02 Å². The van der Waals surface area contributed by atoms with Crippen molar-refractivity contribution in [2.75, 3.05) is 18.2 Å². The topological polar surface area (TPSA) is 107 Å². The number of anilines is 1. The van der Waals surface area contributed by atoms with Gasteiger partial charge in [-0.25, -0.2) is 0 Å². The van der Waals surface area contributed by atoms with Crippen molar-refractivity contribution in [2.45, 2.75) is 31.1 Å². The van der Waals surface area contributed by atoms with Gasteiger partial charge in [0.05, 0.1) is 26.6 Å². The van der Waals surface area contributed by atoms with E-state index < -0.39 is 19.8 Å². The largest absolute Gasteiger partial charge is 0.481 e. The van der Waals surface area contributed by atoms with E-state index in [0.29, 0.717) is 26.5 Å². The van der Waals surface area contributed by atoms with E-state index in [1.54, 1.807) is 38.1 Å². The number of pyridine rings is 1. The van der Waals surface area contributed by atoms with E-state index in [4.69, 9.17) is 22.1 Å². The summed E-state index contributed by atoms with van der Waals surface area (Å²) in [6, 6.07) is 6.63. The van der Waals surface area contributed by atoms with E-state index in [0.717, 1.165) is 0 Å². The molecule has 0 bridgehead atoms. The molecule has 3 N–H and O–H groups in total. The minimum atomic E-state index is -2.58. The molecule has 10 heteroatoms. The predicted molar refractivity (Wildman–Crippen MR) is 121 cm³/mol. The van der Waals surface area contributed by atoms with Crippen LogP contribution in [0.3, 0.4) is 0 Å². The zero-order valence-electron chi connectivity index (χ0n) is 16.6. The summed E-state index contributed by atoms with van der Waals surface area (Å²) in [4.78, 5) is 22.5. The molecule has 0 aromatic carbocycles. The van der Waals surface area contributed by atoms with Crippen LogP contribution in [0.1, 0.15) is 35.3 Å². The van der Waals surface area contributed by atoms with Crippen LogP contribution in [-0.4, -0.2) is 44.4 Å². The highest BCUT2D eigenvalue weighted by molar-refractivity contribution is 8.02. The molecule has 156 valence electrons. The first-order chi connectivity index (χ1) is 13.4. The summed E-state index contributed by atoms with van der Waals surface area (Å²) < 4.78 is 17.5. The molecule has 1 unspecified atom stereocenters. The lowest BCUT2D eigenvalue weighted by Gasteiger charge is -2.40. The second kappa shape index (κ2) is 7.30. The molecule has 1 aliphatic heterocycles. The van der Waals surface area contributed by atoms with Gasteiger partial charge < -0.3 is 15.8 Å². The Balaban J connectivity index is 1.94. The molecule has 0 fully saturated rings. The number of hydrogen-bond donors (Lipinski definition) is 2. The summed E-state index contributed by atoms with van der Waals surface area (Å²) >= 11 is 7.63. The van der Waals surface area contributed by atoms with Gasteiger partial charge in [-0.15, -0.1) is 11.3 Å². The fourth-order valence-electron chi connectivity index (χ4n) is 3.00. The Hall–Kier alpha value is -2.10. The first-order valence-electron chi connectivity index (χ1n) is 8.72. The predicted octanol–water partition coefficient (Wildman–Crippen LogP) is 3.14. The van der Waals surface area contributed by atoms with Crippen LogP contribution in [0.25, 0.3) is 0 Å². The number of halogens is 1. The first kappa shape index (κ1) is 21.6.